The highest BCUT2D eigenvalue weighted by Gasteiger charge is 2.09. The Labute approximate surface area is 137 Å². The van der Waals surface area contributed by atoms with Gasteiger partial charge in [-0.25, -0.2) is 0 Å². The number of rotatable bonds is 7. The van der Waals surface area contributed by atoms with Gasteiger partial charge in [0.15, 0.2) is 0 Å². The second kappa shape index (κ2) is 8.64. The van der Waals surface area contributed by atoms with E-state index in [9.17, 15) is 4.79 Å². The minimum Gasteiger partial charge on any atom is -0.491 e. The van der Waals surface area contributed by atoms with Crippen LogP contribution in [0.1, 0.15) is 18.4 Å². The van der Waals surface area contributed by atoms with E-state index in [0.29, 0.717) is 19.4 Å². The number of amides is 1. The van der Waals surface area contributed by atoms with Gasteiger partial charge in [0, 0.05) is 27.1 Å². The molecule has 0 fully saturated rings. The van der Waals surface area contributed by atoms with E-state index >= 15 is 0 Å². The summed E-state index contributed by atoms with van der Waals surface area (Å²) in [6.07, 6.45) is 1.20. The van der Waals surface area contributed by atoms with Gasteiger partial charge in [0.05, 0.1) is 15.6 Å². The lowest BCUT2D eigenvalue weighted by atomic mass is 10.2. The Bertz CT molecular complexity index is 441. The third-order valence-corrected chi connectivity index (χ3v) is 3.90. The topological polar surface area (TPSA) is 41.6 Å². The first-order valence-corrected chi connectivity index (χ1v) is 7.99. The molecule has 0 aliphatic heterocycles. The Hall–Kier alpha value is -0.590. The zero-order chi connectivity index (χ0) is 15.1. The predicted octanol–water partition coefficient (Wildman–Crippen LogP) is 3.18. The normalized spacial score (nSPS) is 10.4. The van der Waals surface area contributed by atoms with Crippen LogP contribution in [0.25, 0.3) is 0 Å². The van der Waals surface area contributed by atoms with Gasteiger partial charge in [-0.1, -0.05) is 0 Å². The first-order chi connectivity index (χ1) is 9.45. The molecule has 0 aromatic heterocycles. The van der Waals surface area contributed by atoms with Crippen molar-refractivity contribution in [1.82, 2.24) is 10.2 Å². The highest BCUT2D eigenvalue weighted by atomic mass is 79.9. The van der Waals surface area contributed by atoms with Crippen molar-refractivity contribution in [3.63, 3.8) is 0 Å². The SMILES string of the molecule is CNCc1cc(Br)c(OCCCC(=O)N(C)C)c(Br)c1. The van der Waals surface area contributed by atoms with E-state index in [1.807, 2.05) is 19.2 Å². The van der Waals surface area contributed by atoms with E-state index in [1.165, 1.54) is 5.56 Å². The second-order valence-electron chi connectivity index (χ2n) is 4.66. The van der Waals surface area contributed by atoms with Crippen LogP contribution in [0.2, 0.25) is 0 Å². The van der Waals surface area contributed by atoms with E-state index < -0.39 is 0 Å². The van der Waals surface area contributed by atoms with Crippen molar-refractivity contribution in [2.45, 2.75) is 19.4 Å². The summed E-state index contributed by atoms with van der Waals surface area (Å²) in [5.74, 6) is 0.901. The average Bonchev–Trinajstić information content (AvgIpc) is 2.36. The van der Waals surface area contributed by atoms with Crippen LogP contribution >= 0.6 is 31.9 Å². The lowest BCUT2D eigenvalue weighted by molar-refractivity contribution is -0.128. The van der Waals surface area contributed by atoms with Crippen LogP contribution in [0.3, 0.4) is 0 Å². The molecule has 0 saturated heterocycles. The highest BCUT2D eigenvalue weighted by molar-refractivity contribution is 9.11. The summed E-state index contributed by atoms with van der Waals surface area (Å²) in [5, 5.41) is 3.11. The lowest BCUT2D eigenvalue weighted by Gasteiger charge is -2.13. The molecule has 0 aliphatic carbocycles. The summed E-state index contributed by atoms with van der Waals surface area (Å²) in [4.78, 5) is 13.0. The number of carbonyl (C=O) groups is 1. The molecule has 1 amide bonds. The third kappa shape index (κ3) is 5.42. The molecule has 0 unspecified atom stereocenters. The molecule has 0 saturated carbocycles. The number of halogens is 2. The predicted molar refractivity (Wildman–Crippen MR) is 88.0 cm³/mol. The van der Waals surface area contributed by atoms with Crippen molar-refractivity contribution in [2.75, 3.05) is 27.7 Å². The maximum absolute atomic E-state index is 11.4. The lowest BCUT2D eigenvalue weighted by Crippen LogP contribution is -2.21. The van der Waals surface area contributed by atoms with Crippen LogP contribution in [0.5, 0.6) is 5.75 Å². The van der Waals surface area contributed by atoms with Gasteiger partial charge >= 0.3 is 0 Å². The van der Waals surface area contributed by atoms with Crippen molar-refractivity contribution in [3.05, 3.63) is 26.6 Å². The number of nitrogens with zero attached hydrogens (tertiary/aromatic N) is 1. The monoisotopic (exact) mass is 406 g/mol. The molecule has 0 atom stereocenters. The van der Waals surface area contributed by atoms with Gasteiger partial charge in [-0.3, -0.25) is 4.79 Å². The van der Waals surface area contributed by atoms with E-state index in [0.717, 1.165) is 21.2 Å². The standard InChI is InChI=1S/C14H20Br2N2O2/c1-17-9-10-7-11(15)14(12(16)8-10)20-6-4-5-13(19)18(2)3/h7-8,17H,4-6,9H2,1-3H3. The second-order valence-corrected chi connectivity index (χ2v) is 6.37. The Morgan fingerprint density at radius 1 is 1.30 bits per heavy atom. The molecule has 6 heteroatoms. The highest BCUT2D eigenvalue weighted by Crippen LogP contribution is 2.34. The maximum atomic E-state index is 11.4. The minimum atomic E-state index is 0.121. The minimum absolute atomic E-state index is 0.121. The van der Waals surface area contributed by atoms with Gasteiger partial charge in [0.25, 0.3) is 0 Å². The Morgan fingerprint density at radius 2 is 1.90 bits per heavy atom. The number of hydrogen-bond acceptors (Lipinski definition) is 3. The smallest absolute Gasteiger partial charge is 0.222 e. The molecule has 0 bridgehead atoms. The maximum Gasteiger partial charge on any atom is 0.222 e. The fraction of sp³-hybridized carbons (Fsp3) is 0.500. The summed E-state index contributed by atoms with van der Waals surface area (Å²) in [6, 6.07) is 4.06. The van der Waals surface area contributed by atoms with E-state index in [2.05, 4.69) is 37.2 Å². The first kappa shape index (κ1) is 17.5. The Kier molecular flexibility index (Phi) is 7.55. The van der Waals surface area contributed by atoms with Crippen molar-refractivity contribution in [1.29, 1.82) is 0 Å². The Morgan fingerprint density at radius 3 is 2.40 bits per heavy atom. The third-order valence-electron chi connectivity index (χ3n) is 2.72. The zero-order valence-corrected chi connectivity index (χ0v) is 15.2. The molecule has 0 aliphatic rings. The summed E-state index contributed by atoms with van der Waals surface area (Å²) >= 11 is 7.03. The molecule has 1 N–H and O–H groups in total. The summed E-state index contributed by atoms with van der Waals surface area (Å²) in [6.45, 7) is 1.32. The fourth-order valence-corrected chi connectivity index (χ4v) is 3.19. The number of benzene rings is 1. The summed E-state index contributed by atoms with van der Waals surface area (Å²) in [7, 11) is 5.43. The molecule has 1 rings (SSSR count). The van der Waals surface area contributed by atoms with Crippen molar-refractivity contribution >= 4 is 37.8 Å². The van der Waals surface area contributed by atoms with Crippen LogP contribution in [0.15, 0.2) is 21.1 Å². The van der Waals surface area contributed by atoms with E-state index in [1.54, 1.807) is 19.0 Å². The van der Waals surface area contributed by atoms with Gasteiger partial charge < -0.3 is 15.0 Å². The number of ether oxygens (including phenoxy) is 1. The van der Waals surface area contributed by atoms with Gasteiger partial charge in [-0.05, 0) is 63.0 Å². The van der Waals surface area contributed by atoms with Crippen LogP contribution in [0, 0.1) is 0 Å². The number of carbonyl (C=O) groups excluding carboxylic acids is 1. The molecular formula is C14H20Br2N2O2. The van der Waals surface area contributed by atoms with Crippen LogP contribution in [-0.2, 0) is 11.3 Å². The summed E-state index contributed by atoms with van der Waals surface area (Å²) in [5.41, 5.74) is 1.17. The van der Waals surface area contributed by atoms with E-state index in [-0.39, 0.29) is 5.91 Å². The molecular weight excluding hydrogens is 388 g/mol. The van der Waals surface area contributed by atoms with Crippen molar-refractivity contribution < 1.29 is 9.53 Å². The summed E-state index contributed by atoms with van der Waals surface area (Å²) < 4.78 is 7.57. The fourth-order valence-electron chi connectivity index (χ4n) is 1.68. The largest absolute Gasteiger partial charge is 0.491 e. The van der Waals surface area contributed by atoms with E-state index in [4.69, 9.17) is 4.74 Å². The molecule has 4 nitrogen and oxygen atoms in total. The van der Waals surface area contributed by atoms with Crippen LogP contribution in [-0.4, -0.2) is 38.6 Å². The molecule has 0 heterocycles. The quantitative estimate of drug-likeness (QED) is 0.705. The zero-order valence-electron chi connectivity index (χ0n) is 12.0. The van der Waals surface area contributed by atoms with Gasteiger partial charge in [-0.15, -0.1) is 0 Å². The average molecular weight is 408 g/mol. The van der Waals surface area contributed by atoms with Crippen LogP contribution in [0.4, 0.5) is 0 Å². The molecule has 112 valence electrons. The van der Waals surface area contributed by atoms with Gasteiger partial charge in [-0.2, -0.15) is 0 Å². The van der Waals surface area contributed by atoms with Gasteiger partial charge in [0.1, 0.15) is 5.75 Å². The van der Waals surface area contributed by atoms with Crippen LogP contribution < -0.4 is 10.1 Å². The molecule has 0 radical (unpaired) electrons. The Balaban J connectivity index is 2.54. The molecule has 0 spiro atoms. The molecule has 20 heavy (non-hydrogen) atoms. The number of nitrogens with one attached hydrogen (secondary N) is 1. The molecule has 1 aromatic rings. The van der Waals surface area contributed by atoms with Gasteiger partial charge in [0.2, 0.25) is 5.91 Å². The van der Waals surface area contributed by atoms with Crippen molar-refractivity contribution in [2.24, 2.45) is 0 Å². The van der Waals surface area contributed by atoms with Crippen molar-refractivity contribution in [3.8, 4) is 5.75 Å². The number of hydrogen-bond donors (Lipinski definition) is 1. The first-order valence-electron chi connectivity index (χ1n) is 6.41. The molecule has 1 aromatic carbocycles.